The normalized spacial score (nSPS) is 17.0. The molecule has 1 aliphatic heterocycles. The van der Waals surface area contributed by atoms with E-state index in [-0.39, 0.29) is 23.8 Å². The van der Waals surface area contributed by atoms with E-state index in [2.05, 4.69) is 5.32 Å². The molecule has 0 aliphatic carbocycles. The van der Waals surface area contributed by atoms with Crippen LogP contribution in [0.3, 0.4) is 0 Å². The van der Waals surface area contributed by atoms with Gasteiger partial charge in [-0.3, -0.25) is 9.59 Å². The highest BCUT2D eigenvalue weighted by Gasteiger charge is 2.26. The van der Waals surface area contributed by atoms with E-state index in [0.29, 0.717) is 13.1 Å². The van der Waals surface area contributed by atoms with Crippen LogP contribution >= 0.6 is 0 Å². The summed E-state index contributed by atoms with van der Waals surface area (Å²) in [4.78, 5) is 25.5. The van der Waals surface area contributed by atoms with E-state index < -0.39 is 0 Å². The highest BCUT2D eigenvalue weighted by atomic mass is 16.5. The molecule has 0 radical (unpaired) electrons. The average molecular weight is 304 g/mol. The number of nitrogens with zero attached hydrogens (tertiary/aromatic N) is 1. The van der Waals surface area contributed by atoms with Crippen molar-refractivity contribution in [2.45, 2.75) is 32.7 Å². The SMILES string of the molecule is COc1ccc(C(C)NC(=O)C2CCN(C(C)=O)CC2)cc1. The lowest BCUT2D eigenvalue weighted by molar-refractivity contribution is -0.134. The minimum absolute atomic E-state index is 0.00343. The molecule has 5 heteroatoms. The molecule has 1 aliphatic rings. The molecule has 1 fully saturated rings. The lowest BCUT2D eigenvalue weighted by atomic mass is 9.95. The van der Waals surface area contributed by atoms with Gasteiger partial charge in [-0.05, 0) is 37.5 Å². The molecule has 0 saturated carbocycles. The summed E-state index contributed by atoms with van der Waals surface area (Å²) in [6.07, 6.45) is 1.47. The topological polar surface area (TPSA) is 58.6 Å². The number of rotatable bonds is 4. The number of hydrogen-bond acceptors (Lipinski definition) is 3. The smallest absolute Gasteiger partial charge is 0.223 e. The summed E-state index contributed by atoms with van der Waals surface area (Å²) in [5, 5.41) is 3.06. The first-order chi connectivity index (χ1) is 10.5. The molecule has 1 aromatic rings. The predicted octanol–water partition coefficient (Wildman–Crippen LogP) is 2.13. The largest absolute Gasteiger partial charge is 0.497 e. The molecule has 1 heterocycles. The number of amides is 2. The van der Waals surface area contributed by atoms with Crippen LogP contribution < -0.4 is 10.1 Å². The van der Waals surface area contributed by atoms with E-state index in [1.807, 2.05) is 31.2 Å². The van der Waals surface area contributed by atoms with Crippen molar-refractivity contribution >= 4 is 11.8 Å². The van der Waals surface area contributed by atoms with Gasteiger partial charge < -0.3 is 15.0 Å². The van der Waals surface area contributed by atoms with Gasteiger partial charge in [0, 0.05) is 25.9 Å². The Morgan fingerprint density at radius 3 is 2.32 bits per heavy atom. The molecule has 1 aromatic carbocycles. The van der Waals surface area contributed by atoms with Gasteiger partial charge in [0.1, 0.15) is 5.75 Å². The number of benzene rings is 1. The van der Waals surface area contributed by atoms with E-state index >= 15 is 0 Å². The Morgan fingerprint density at radius 2 is 1.82 bits per heavy atom. The van der Waals surface area contributed by atoms with Gasteiger partial charge in [0.05, 0.1) is 13.2 Å². The molecule has 120 valence electrons. The fourth-order valence-electron chi connectivity index (χ4n) is 2.76. The lowest BCUT2D eigenvalue weighted by Gasteiger charge is -2.31. The number of carbonyl (C=O) groups excluding carboxylic acids is 2. The van der Waals surface area contributed by atoms with E-state index in [1.54, 1.807) is 18.9 Å². The van der Waals surface area contributed by atoms with Crippen LogP contribution in [0.25, 0.3) is 0 Å². The zero-order valence-corrected chi connectivity index (χ0v) is 13.5. The van der Waals surface area contributed by atoms with Crippen molar-refractivity contribution < 1.29 is 14.3 Å². The average Bonchev–Trinajstić information content (AvgIpc) is 2.54. The molecule has 2 rings (SSSR count). The Balaban J connectivity index is 1.87. The van der Waals surface area contributed by atoms with Crippen molar-refractivity contribution in [1.82, 2.24) is 10.2 Å². The third-order valence-electron chi connectivity index (χ3n) is 4.29. The predicted molar refractivity (Wildman–Crippen MR) is 84.5 cm³/mol. The Morgan fingerprint density at radius 1 is 1.23 bits per heavy atom. The summed E-state index contributed by atoms with van der Waals surface area (Å²) in [5.41, 5.74) is 1.05. The minimum Gasteiger partial charge on any atom is -0.497 e. The van der Waals surface area contributed by atoms with Crippen molar-refractivity contribution in [2.24, 2.45) is 5.92 Å². The van der Waals surface area contributed by atoms with Crippen molar-refractivity contribution in [3.63, 3.8) is 0 Å². The van der Waals surface area contributed by atoms with Gasteiger partial charge in [0.25, 0.3) is 0 Å². The van der Waals surface area contributed by atoms with Crippen molar-refractivity contribution in [3.8, 4) is 5.75 Å². The Labute approximate surface area is 131 Å². The second-order valence-electron chi connectivity index (χ2n) is 5.78. The van der Waals surface area contributed by atoms with Crippen molar-refractivity contribution in [3.05, 3.63) is 29.8 Å². The minimum atomic E-state index is -0.0377. The zero-order chi connectivity index (χ0) is 16.1. The highest BCUT2D eigenvalue weighted by molar-refractivity contribution is 5.80. The Bertz CT molecular complexity index is 519. The second-order valence-corrected chi connectivity index (χ2v) is 5.78. The number of ether oxygens (including phenoxy) is 1. The quantitative estimate of drug-likeness (QED) is 0.927. The zero-order valence-electron chi connectivity index (χ0n) is 13.5. The third-order valence-corrected chi connectivity index (χ3v) is 4.29. The van der Waals surface area contributed by atoms with Crippen LogP contribution in [0.2, 0.25) is 0 Å². The van der Waals surface area contributed by atoms with Gasteiger partial charge >= 0.3 is 0 Å². The number of carbonyl (C=O) groups is 2. The fourth-order valence-corrected chi connectivity index (χ4v) is 2.76. The van der Waals surface area contributed by atoms with Gasteiger partial charge in [-0.15, -0.1) is 0 Å². The highest BCUT2D eigenvalue weighted by Crippen LogP contribution is 2.21. The van der Waals surface area contributed by atoms with E-state index in [1.165, 1.54) is 0 Å². The summed E-state index contributed by atoms with van der Waals surface area (Å²) in [7, 11) is 1.63. The maximum Gasteiger partial charge on any atom is 0.223 e. The molecule has 0 aromatic heterocycles. The number of likely N-dealkylation sites (tertiary alicyclic amines) is 1. The van der Waals surface area contributed by atoms with Crippen LogP contribution in [0.4, 0.5) is 0 Å². The molecule has 1 saturated heterocycles. The molecule has 2 amide bonds. The Hall–Kier alpha value is -2.04. The molecular weight excluding hydrogens is 280 g/mol. The van der Waals surface area contributed by atoms with Crippen LogP contribution in [0.1, 0.15) is 38.3 Å². The number of methoxy groups -OCH3 is 1. The van der Waals surface area contributed by atoms with Crippen LogP contribution in [0.15, 0.2) is 24.3 Å². The first kappa shape index (κ1) is 16.3. The van der Waals surface area contributed by atoms with Crippen LogP contribution in [0, 0.1) is 5.92 Å². The van der Waals surface area contributed by atoms with E-state index in [0.717, 1.165) is 24.2 Å². The fraction of sp³-hybridized carbons (Fsp3) is 0.529. The molecular formula is C17H24N2O3. The third kappa shape index (κ3) is 4.00. The summed E-state index contributed by atoms with van der Waals surface area (Å²) in [6, 6.07) is 7.67. The first-order valence-electron chi connectivity index (χ1n) is 7.71. The van der Waals surface area contributed by atoms with Crippen LogP contribution in [0.5, 0.6) is 5.75 Å². The summed E-state index contributed by atoms with van der Waals surface area (Å²) in [6.45, 7) is 4.89. The van der Waals surface area contributed by atoms with Crippen molar-refractivity contribution in [1.29, 1.82) is 0 Å². The van der Waals surface area contributed by atoms with E-state index in [9.17, 15) is 9.59 Å². The molecule has 0 spiro atoms. The van der Waals surface area contributed by atoms with Crippen LogP contribution in [-0.2, 0) is 9.59 Å². The van der Waals surface area contributed by atoms with Gasteiger partial charge in [-0.25, -0.2) is 0 Å². The molecule has 22 heavy (non-hydrogen) atoms. The first-order valence-corrected chi connectivity index (χ1v) is 7.71. The summed E-state index contributed by atoms with van der Waals surface area (Å²) < 4.78 is 5.14. The molecule has 1 atom stereocenters. The number of hydrogen-bond donors (Lipinski definition) is 1. The van der Waals surface area contributed by atoms with Gasteiger partial charge in [0.15, 0.2) is 0 Å². The summed E-state index contributed by atoms with van der Waals surface area (Å²) >= 11 is 0. The molecule has 1 unspecified atom stereocenters. The van der Waals surface area contributed by atoms with Crippen molar-refractivity contribution in [2.75, 3.05) is 20.2 Å². The van der Waals surface area contributed by atoms with Gasteiger partial charge in [-0.1, -0.05) is 12.1 Å². The molecule has 1 N–H and O–H groups in total. The molecule has 5 nitrogen and oxygen atoms in total. The van der Waals surface area contributed by atoms with Gasteiger partial charge in [-0.2, -0.15) is 0 Å². The van der Waals surface area contributed by atoms with Crippen LogP contribution in [-0.4, -0.2) is 36.9 Å². The number of piperidine rings is 1. The maximum absolute atomic E-state index is 12.3. The standard InChI is InChI=1S/C17H24N2O3/c1-12(14-4-6-16(22-3)7-5-14)18-17(21)15-8-10-19(11-9-15)13(2)20/h4-7,12,15H,8-11H2,1-3H3,(H,18,21). The monoisotopic (exact) mass is 304 g/mol. The van der Waals surface area contributed by atoms with Gasteiger partial charge in [0.2, 0.25) is 11.8 Å². The number of nitrogens with one attached hydrogen (secondary N) is 1. The second kappa shape index (κ2) is 7.29. The lowest BCUT2D eigenvalue weighted by Crippen LogP contribution is -2.42. The summed E-state index contributed by atoms with van der Waals surface area (Å²) in [5.74, 6) is 0.965. The maximum atomic E-state index is 12.3. The Kier molecular flexibility index (Phi) is 5.41. The molecule has 0 bridgehead atoms. The van der Waals surface area contributed by atoms with E-state index in [4.69, 9.17) is 4.74 Å².